The third kappa shape index (κ3) is 5.40. The molecular weight excluding hydrogens is 444 g/mol. The quantitative estimate of drug-likeness (QED) is 0.488. The van der Waals surface area contributed by atoms with Crippen molar-refractivity contribution >= 4 is 17.5 Å². The lowest BCUT2D eigenvalue weighted by atomic mass is 10.1. The zero-order chi connectivity index (χ0) is 24.9. The van der Waals surface area contributed by atoms with Crippen LogP contribution in [0.25, 0.3) is 0 Å². The molecule has 7 heteroatoms. The highest BCUT2D eigenvalue weighted by Gasteiger charge is 2.26. The second-order valence-electron chi connectivity index (χ2n) is 8.61. The van der Waals surface area contributed by atoms with Crippen molar-refractivity contribution in [2.75, 3.05) is 39.3 Å². The first-order valence-electron chi connectivity index (χ1n) is 11.5. The first-order valence-corrected chi connectivity index (χ1v) is 11.5. The molecule has 0 saturated heterocycles. The number of anilines is 1. The number of hydrogen-bond acceptors (Lipinski definition) is 5. The molecule has 0 saturated carbocycles. The van der Waals surface area contributed by atoms with E-state index in [9.17, 15) is 9.59 Å². The summed E-state index contributed by atoms with van der Waals surface area (Å²) in [4.78, 5) is 29.2. The van der Waals surface area contributed by atoms with Crippen LogP contribution >= 0.6 is 0 Å². The van der Waals surface area contributed by atoms with E-state index in [0.717, 1.165) is 22.4 Å². The molecule has 4 rings (SSSR count). The molecule has 0 atom stereocenters. The van der Waals surface area contributed by atoms with Gasteiger partial charge in [0.15, 0.2) is 18.1 Å². The Bertz CT molecular complexity index is 1240. The summed E-state index contributed by atoms with van der Waals surface area (Å²) in [6.45, 7) is 2.91. The van der Waals surface area contributed by atoms with Crippen LogP contribution in [0.15, 0.2) is 60.7 Å². The summed E-state index contributed by atoms with van der Waals surface area (Å²) in [6, 6.07) is 19.0. The van der Waals surface area contributed by atoms with Gasteiger partial charge in [0.2, 0.25) is 0 Å². The minimum Gasteiger partial charge on any atom is -0.493 e. The Balaban J connectivity index is 1.45. The Kier molecular flexibility index (Phi) is 7.25. The van der Waals surface area contributed by atoms with Crippen LogP contribution in [-0.2, 0) is 17.8 Å². The third-order valence-corrected chi connectivity index (χ3v) is 6.10. The van der Waals surface area contributed by atoms with Crippen molar-refractivity contribution in [3.63, 3.8) is 0 Å². The van der Waals surface area contributed by atoms with Gasteiger partial charge >= 0.3 is 0 Å². The maximum absolute atomic E-state index is 13.1. The van der Waals surface area contributed by atoms with Crippen molar-refractivity contribution in [3.8, 4) is 17.2 Å². The van der Waals surface area contributed by atoms with E-state index in [-0.39, 0.29) is 18.4 Å². The number of benzene rings is 3. The Morgan fingerprint density at radius 3 is 2.57 bits per heavy atom. The average molecular weight is 475 g/mol. The Hall–Kier alpha value is -4.00. The Labute approximate surface area is 205 Å². The third-order valence-electron chi connectivity index (χ3n) is 6.10. The van der Waals surface area contributed by atoms with Gasteiger partial charge in [-0.1, -0.05) is 24.3 Å². The molecule has 1 heterocycles. The van der Waals surface area contributed by atoms with Crippen molar-refractivity contribution in [1.29, 1.82) is 0 Å². The predicted octanol–water partition coefficient (Wildman–Crippen LogP) is 4.25. The van der Waals surface area contributed by atoms with E-state index in [0.29, 0.717) is 42.3 Å². The van der Waals surface area contributed by atoms with Crippen LogP contribution < -0.4 is 19.1 Å². The maximum Gasteiger partial charge on any atom is 0.265 e. The summed E-state index contributed by atoms with van der Waals surface area (Å²) >= 11 is 0. The van der Waals surface area contributed by atoms with Crippen LogP contribution in [-0.4, -0.2) is 51.1 Å². The van der Waals surface area contributed by atoms with Crippen LogP contribution in [0, 0.1) is 6.92 Å². The zero-order valence-electron chi connectivity index (χ0n) is 20.5. The highest BCUT2D eigenvalue weighted by molar-refractivity contribution is 5.98. The van der Waals surface area contributed by atoms with E-state index in [1.807, 2.05) is 61.5 Å². The van der Waals surface area contributed by atoms with Gasteiger partial charge in [0.05, 0.1) is 26.5 Å². The van der Waals surface area contributed by atoms with Crippen molar-refractivity contribution in [2.45, 2.75) is 19.9 Å². The van der Waals surface area contributed by atoms with E-state index in [1.165, 1.54) is 0 Å². The molecule has 1 aliphatic heterocycles. The summed E-state index contributed by atoms with van der Waals surface area (Å²) in [6.07, 6.45) is 0.681. The molecule has 1 aliphatic rings. The number of fused-ring (bicyclic) bond motifs is 1. The van der Waals surface area contributed by atoms with E-state index in [1.54, 1.807) is 37.1 Å². The summed E-state index contributed by atoms with van der Waals surface area (Å²) in [7, 11) is 5.00. The van der Waals surface area contributed by atoms with Crippen LogP contribution in [0.1, 0.15) is 27.0 Å². The fraction of sp³-hybridized carbons (Fsp3) is 0.286. The molecule has 0 aromatic heterocycles. The number of methoxy groups -OCH3 is 2. The molecule has 0 N–H and O–H groups in total. The van der Waals surface area contributed by atoms with Crippen molar-refractivity contribution in [2.24, 2.45) is 0 Å². The van der Waals surface area contributed by atoms with E-state index < -0.39 is 0 Å². The maximum atomic E-state index is 13.1. The van der Waals surface area contributed by atoms with Gasteiger partial charge in [-0.05, 0) is 66.4 Å². The highest BCUT2D eigenvalue weighted by atomic mass is 16.5. The van der Waals surface area contributed by atoms with Gasteiger partial charge in [0.1, 0.15) is 5.75 Å². The van der Waals surface area contributed by atoms with Crippen LogP contribution in [0.5, 0.6) is 17.2 Å². The normalized spacial score (nSPS) is 12.6. The van der Waals surface area contributed by atoms with Crippen LogP contribution in [0.2, 0.25) is 0 Å². The van der Waals surface area contributed by atoms with E-state index >= 15 is 0 Å². The second-order valence-corrected chi connectivity index (χ2v) is 8.61. The minimum atomic E-state index is -0.105. The summed E-state index contributed by atoms with van der Waals surface area (Å²) in [5, 5.41) is 0. The van der Waals surface area contributed by atoms with Gasteiger partial charge in [-0.15, -0.1) is 0 Å². The molecule has 0 fully saturated rings. The topological polar surface area (TPSA) is 68.3 Å². The van der Waals surface area contributed by atoms with Crippen molar-refractivity contribution < 1.29 is 23.8 Å². The molecule has 0 radical (unpaired) electrons. The molecular formula is C28H30N2O5. The number of carbonyl (C=O) groups excluding carboxylic acids is 2. The van der Waals surface area contributed by atoms with Gasteiger partial charge in [-0.3, -0.25) is 9.59 Å². The van der Waals surface area contributed by atoms with Gasteiger partial charge in [-0.25, -0.2) is 0 Å². The zero-order valence-corrected chi connectivity index (χ0v) is 20.5. The molecule has 7 nitrogen and oxygen atoms in total. The second kappa shape index (κ2) is 10.5. The standard InChI is InChI=1S/C28H30N2O5/c1-19-8-10-24-23(14-19)30(27(31)18-35-24)17-21-6-5-7-22(15-21)28(32)29(2)13-12-20-9-11-25(33-3)26(16-20)34-4/h5-11,14-16H,12-13,17-18H2,1-4H3. The molecule has 2 amide bonds. The fourth-order valence-electron chi connectivity index (χ4n) is 4.13. The number of ether oxygens (including phenoxy) is 3. The number of aryl methyl sites for hydroxylation is 1. The number of carbonyl (C=O) groups is 2. The molecule has 182 valence electrons. The van der Waals surface area contributed by atoms with Gasteiger partial charge < -0.3 is 24.0 Å². The lowest BCUT2D eigenvalue weighted by Crippen LogP contribution is -2.38. The smallest absolute Gasteiger partial charge is 0.265 e. The molecule has 0 spiro atoms. The number of hydrogen-bond donors (Lipinski definition) is 0. The first kappa shape index (κ1) is 24.1. The molecule has 0 unspecified atom stereocenters. The highest BCUT2D eigenvalue weighted by Crippen LogP contribution is 2.34. The van der Waals surface area contributed by atoms with Gasteiger partial charge in [-0.2, -0.15) is 0 Å². The molecule has 3 aromatic carbocycles. The number of rotatable bonds is 8. The lowest BCUT2D eigenvalue weighted by molar-refractivity contribution is -0.121. The van der Waals surface area contributed by atoms with E-state index in [2.05, 4.69) is 0 Å². The van der Waals surface area contributed by atoms with Gasteiger partial charge in [0, 0.05) is 19.2 Å². The monoisotopic (exact) mass is 474 g/mol. The Morgan fingerprint density at radius 2 is 1.80 bits per heavy atom. The lowest BCUT2D eigenvalue weighted by Gasteiger charge is -2.30. The van der Waals surface area contributed by atoms with Crippen molar-refractivity contribution in [1.82, 2.24) is 4.90 Å². The fourth-order valence-corrected chi connectivity index (χ4v) is 4.13. The first-order chi connectivity index (χ1) is 16.9. The molecule has 0 aliphatic carbocycles. The van der Waals surface area contributed by atoms with Crippen LogP contribution in [0.4, 0.5) is 5.69 Å². The summed E-state index contributed by atoms with van der Waals surface area (Å²) in [5.74, 6) is 1.86. The largest absolute Gasteiger partial charge is 0.493 e. The number of nitrogens with zero attached hydrogens (tertiary/aromatic N) is 2. The number of likely N-dealkylation sites (N-methyl/N-ethyl adjacent to an activating group) is 1. The SMILES string of the molecule is COc1ccc(CCN(C)C(=O)c2cccc(CN3C(=O)COc4ccc(C)cc43)c2)cc1OC. The van der Waals surface area contributed by atoms with Crippen molar-refractivity contribution in [3.05, 3.63) is 82.9 Å². The minimum absolute atomic E-state index is 0.00751. The molecule has 0 bridgehead atoms. The number of amides is 2. The Morgan fingerprint density at radius 1 is 1.00 bits per heavy atom. The predicted molar refractivity (Wildman–Crippen MR) is 135 cm³/mol. The molecule has 35 heavy (non-hydrogen) atoms. The van der Waals surface area contributed by atoms with Crippen LogP contribution in [0.3, 0.4) is 0 Å². The van der Waals surface area contributed by atoms with Gasteiger partial charge in [0.25, 0.3) is 11.8 Å². The summed E-state index contributed by atoms with van der Waals surface area (Å²) < 4.78 is 16.2. The van der Waals surface area contributed by atoms with E-state index in [4.69, 9.17) is 14.2 Å². The molecule has 3 aromatic rings. The summed E-state index contributed by atoms with van der Waals surface area (Å²) in [5.41, 5.74) is 4.32. The average Bonchev–Trinajstić information content (AvgIpc) is 2.88.